The van der Waals surface area contributed by atoms with Crippen molar-refractivity contribution in [3.63, 3.8) is 0 Å². The summed E-state index contributed by atoms with van der Waals surface area (Å²) in [5.74, 6) is 0.487. The molecule has 1 aliphatic rings. The first-order valence-corrected chi connectivity index (χ1v) is 10.9. The minimum Gasteiger partial charge on any atom is -0.508 e. The highest BCUT2D eigenvalue weighted by molar-refractivity contribution is 6.00. The predicted molar refractivity (Wildman–Crippen MR) is 127 cm³/mol. The van der Waals surface area contributed by atoms with Crippen LogP contribution in [0.1, 0.15) is 77.2 Å². The summed E-state index contributed by atoms with van der Waals surface area (Å²) in [4.78, 5) is 14.9. The zero-order valence-corrected chi connectivity index (χ0v) is 18.7. The SMILES string of the molecule is CCCCCC(=O)c1cc(C)c2c(c1)C=Cc1cc(O)ccc1/C2=C\CCN(C)C. The molecule has 0 radical (unpaired) electrons. The lowest BCUT2D eigenvalue weighted by Crippen LogP contribution is -2.12. The van der Waals surface area contributed by atoms with E-state index >= 15 is 0 Å². The van der Waals surface area contributed by atoms with Gasteiger partial charge in [0, 0.05) is 18.5 Å². The Morgan fingerprint density at radius 3 is 2.57 bits per heavy atom. The summed E-state index contributed by atoms with van der Waals surface area (Å²) < 4.78 is 0. The largest absolute Gasteiger partial charge is 0.508 e. The molecule has 0 amide bonds. The fourth-order valence-corrected chi connectivity index (χ4v) is 4.08. The maximum absolute atomic E-state index is 12.8. The maximum atomic E-state index is 12.8. The Hall–Kier alpha value is -2.65. The van der Waals surface area contributed by atoms with E-state index in [9.17, 15) is 9.90 Å². The molecule has 3 heteroatoms. The number of nitrogens with zero attached hydrogens (tertiary/aromatic N) is 1. The van der Waals surface area contributed by atoms with Crippen molar-refractivity contribution in [3.05, 3.63) is 69.8 Å². The van der Waals surface area contributed by atoms with Gasteiger partial charge in [0.2, 0.25) is 0 Å². The van der Waals surface area contributed by atoms with Crippen LogP contribution in [0, 0.1) is 6.92 Å². The Morgan fingerprint density at radius 1 is 1.07 bits per heavy atom. The molecule has 3 nitrogen and oxygen atoms in total. The smallest absolute Gasteiger partial charge is 0.162 e. The molecule has 0 aromatic heterocycles. The Morgan fingerprint density at radius 2 is 1.83 bits per heavy atom. The van der Waals surface area contributed by atoms with Crippen molar-refractivity contribution >= 4 is 23.5 Å². The van der Waals surface area contributed by atoms with Crippen LogP contribution in [0.2, 0.25) is 0 Å². The first-order chi connectivity index (χ1) is 14.4. The minimum atomic E-state index is 0.222. The monoisotopic (exact) mass is 403 g/mol. The average molecular weight is 404 g/mol. The van der Waals surface area contributed by atoms with E-state index < -0.39 is 0 Å². The van der Waals surface area contributed by atoms with Crippen molar-refractivity contribution in [1.82, 2.24) is 4.90 Å². The van der Waals surface area contributed by atoms with E-state index in [2.05, 4.69) is 45.0 Å². The average Bonchev–Trinajstić information content (AvgIpc) is 2.85. The standard InChI is InChI=1S/C27H33NO2/c1-5-6-7-10-26(30)22-16-19(2)27-21(17-22)12-11-20-18-23(29)13-14-24(20)25(27)9-8-15-28(3)4/h9,11-14,16-18,29H,5-8,10,15H2,1-4H3/b25-9+. The van der Waals surface area contributed by atoms with E-state index in [1.807, 2.05) is 30.3 Å². The van der Waals surface area contributed by atoms with Crippen LogP contribution in [0.3, 0.4) is 0 Å². The molecule has 0 unspecified atom stereocenters. The van der Waals surface area contributed by atoms with E-state index in [1.54, 1.807) is 6.07 Å². The first kappa shape index (κ1) is 22.0. The van der Waals surface area contributed by atoms with E-state index in [0.717, 1.165) is 60.0 Å². The number of aromatic hydroxyl groups is 1. The Balaban J connectivity index is 2.07. The van der Waals surface area contributed by atoms with E-state index in [0.29, 0.717) is 6.42 Å². The van der Waals surface area contributed by atoms with Crippen molar-refractivity contribution in [2.75, 3.05) is 20.6 Å². The Kier molecular flexibility index (Phi) is 7.28. The lowest BCUT2D eigenvalue weighted by molar-refractivity contribution is 0.0979. The Labute approximate surface area is 180 Å². The van der Waals surface area contributed by atoms with Crippen molar-refractivity contribution in [1.29, 1.82) is 0 Å². The molecule has 0 aliphatic heterocycles. The van der Waals surface area contributed by atoms with Gasteiger partial charge in [-0.05, 0) is 91.5 Å². The number of rotatable bonds is 8. The van der Waals surface area contributed by atoms with Crippen molar-refractivity contribution < 1.29 is 9.90 Å². The number of hydrogen-bond acceptors (Lipinski definition) is 3. The molecule has 1 aliphatic carbocycles. The highest BCUT2D eigenvalue weighted by atomic mass is 16.3. The molecule has 0 saturated carbocycles. The molecule has 3 rings (SSSR count). The normalized spacial score (nSPS) is 14.0. The third-order valence-corrected chi connectivity index (χ3v) is 5.66. The Bertz CT molecular complexity index is 983. The number of carbonyl (C=O) groups is 1. The fourth-order valence-electron chi connectivity index (χ4n) is 4.08. The lowest BCUT2D eigenvalue weighted by Gasteiger charge is -2.17. The van der Waals surface area contributed by atoms with E-state index in [-0.39, 0.29) is 11.5 Å². The van der Waals surface area contributed by atoms with Gasteiger partial charge < -0.3 is 10.0 Å². The van der Waals surface area contributed by atoms with Crippen LogP contribution in [-0.2, 0) is 0 Å². The van der Waals surface area contributed by atoms with Crippen molar-refractivity contribution in [2.24, 2.45) is 0 Å². The van der Waals surface area contributed by atoms with Gasteiger partial charge in [-0.3, -0.25) is 4.79 Å². The number of fused-ring (bicyclic) bond motifs is 2. The molecule has 0 fully saturated rings. The number of phenols is 1. The molecule has 2 aromatic carbocycles. The highest BCUT2D eigenvalue weighted by Crippen LogP contribution is 2.38. The third-order valence-electron chi connectivity index (χ3n) is 5.66. The van der Waals surface area contributed by atoms with Gasteiger partial charge >= 0.3 is 0 Å². The molecule has 0 atom stereocenters. The molecule has 0 bridgehead atoms. The fraction of sp³-hybridized carbons (Fsp3) is 0.370. The number of ketones is 1. The van der Waals surface area contributed by atoms with Gasteiger partial charge in [-0.2, -0.15) is 0 Å². The molecule has 1 N–H and O–H groups in total. The van der Waals surface area contributed by atoms with Gasteiger partial charge in [-0.1, -0.05) is 44.1 Å². The second kappa shape index (κ2) is 9.90. The van der Waals surface area contributed by atoms with Crippen molar-refractivity contribution in [2.45, 2.75) is 46.0 Å². The topological polar surface area (TPSA) is 40.5 Å². The number of phenolic OH excluding ortho intramolecular Hbond substituents is 1. The molecule has 0 heterocycles. The zero-order valence-electron chi connectivity index (χ0n) is 18.7. The number of unbranched alkanes of at least 4 members (excludes halogenated alkanes) is 2. The third kappa shape index (κ3) is 5.09. The molecule has 0 spiro atoms. The summed E-state index contributed by atoms with van der Waals surface area (Å²) in [6, 6.07) is 9.64. The van der Waals surface area contributed by atoms with Gasteiger partial charge in [0.1, 0.15) is 5.75 Å². The van der Waals surface area contributed by atoms with Crippen LogP contribution in [0.5, 0.6) is 5.75 Å². The quantitative estimate of drug-likeness (QED) is 0.353. The van der Waals surface area contributed by atoms with Gasteiger partial charge in [-0.25, -0.2) is 0 Å². The zero-order chi connectivity index (χ0) is 21.7. The van der Waals surface area contributed by atoms with Gasteiger partial charge in [0.05, 0.1) is 0 Å². The van der Waals surface area contributed by atoms with Crippen LogP contribution in [0.25, 0.3) is 17.7 Å². The second-order valence-electron chi connectivity index (χ2n) is 8.45. The van der Waals surface area contributed by atoms with Crippen LogP contribution in [-0.4, -0.2) is 36.4 Å². The van der Waals surface area contributed by atoms with Crippen LogP contribution in [0.4, 0.5) is 0 Å². The molecule has 158 valence electrons. The number of carbonyl (C=O) groups excluding carboxylic acids is 1. The molecule has 2 aromatic rings. The summed E-state index contributed by atoms with van der Waals surface area (Å²) in [7, 11) is 4.16. The second-order valence-corrected chi connectivity index (χ2v) is 8.45. The molecule has 30 heavy (non-hydrogen) atoms. The van der Waals surface area contributed by atoms with Crippen LogP contribution < -0.4 is 0 Å². The van der Waals surface area contributed by atoms with Crippen molar-refractivity contribution in [3.8, 4) is 5.75 Å². The summed E-state index contributed by atoms with van der Waals surface area (Å²) in [6.45, 7) is 5.22. The summed E-state index contributed by atoms with van der Waals surface area (Å²) in [6.07, 6.45) is 11.1. The lowest BCUT2D eigenvalue weighted by atomic mass is 9.87. The van der Waals surface area contributed by atoms with Crippen LogP contribution >= 0.6 is 0 Å². The summed E-state index contributed by atoms with van der Waals surface area (Å²) in [5.41, 5.74) is 7.46. The number of benzene rings is 2. The maximum Gasteiger partial charge on any atom is 0.162 e. The number of Topliss-reactive ketones (excluding diaryl/α,β-unsaturated/α-hetero) is 1. The van der Waals surface area contributed by atoms with E-state index in [1.165, 1.54) is 11.1 Å². The minimum absolute atomic E-state index is 0.222. The number of hydrogen-bond donors (Lipinski definition) is 1. The van der Waals surface area contributed by atoms with Crippen LogP contribution in [0.15, 0.2) is 36.4 Å². The van der Waals surface area contributed by atoms with Gasteiger partial charge in [-0.15, -0.1) is 0 Å². The molecular formula is C27H33NO2. The highest BCUT2D eigenvalue weighted by Gasteiger charge is 2.19. The summed E-state index contributed by atoms with van der Waals surface area (Å²) >= 11 is 0. The van der Waals surface area contributed by atoms with Gasteiger partial charge in [0.15, 0.2) is 5.78 Å². The molecular weight excluding hydrogens is 370 g/mol. The first-order valence-electron chi connectivity index (χ1n) is 10.9. The summed E-state index contributed by atoms with van der Waals surface area (Å²) in [5, 5.41) is 10.0. The molecule has 0 saturated heterocycles. The van der Waals surface area contributed by atoms with Gasteiger partial charge in [0.25, 0.3) is 0 Å². The predicted octanol–water partition coefficient (Wildman–Crippen LogP) is 6.33. The number of aryl methyl sites for hydroxylation is 1. The van der Waals surface area contributed by atoms with E-state index in [4.69, 9.17) is 0 Å².